The third kappa shape index (κ3) is 7.57. The summed E-state index contributed by atoms with van der Waals surface area (Å²) in [5, 5.41) is 0. The molecule has 0 amide bonds. The van der Waals surface area contributed by atoms with Crippen molar-refractivity contribution >= 4 is 21.2 Å². The average Bonchev–Trinajstić information content (AvgIpc) is 2.13. The molecule has 0 atom stereocenters. The molecule has 0 N–H and O–H groups in total. The minimum atomic E-state index is 0.607. The van der Waals surface area contributed by atoms with E-state index < -0.39 is 0 Å². The number of nitrogens with zero attached hydrogens (tertiary/aromatic N) is 2. The summed E-state index contributed by atoms with van der Waals surface area (Å²) in [5.41, 5.74) is 0.607. The van der Waals surface area contributed by atoms with E-state index in [4.69, 9.17) is 15.7 Å². The number of hydrogen-bond donors (Lipinski definition) is 0. The minimum absolute atomic E-state index is 0.607. The lowest BCUT2D eigenvalue weighted by molar-refractivity contribution is 0.884. The molecule has 0 saturated carbocycles. The Balaban J connectivity index is 0.000000252. The van der Waals surface area contributed by atoms with Crippen LogP contribution in [0.4, 0.5) is 0 Å². The number of aromatic nitrogens is 2. The van der Waals surface area contributed by atoms with Gasteiger partial charge in [-0.2, -0.15) is 0 Å². The molecule has 0 aliphatic rings. The second-order valence-electron chi connectivity index (χ2n) is 2.71. The third-order valence-electron chi connectivity index (χ3n) is 1.36. The Morgan fingerprint density at radius 3 is 2.08 bits per heavy atom. The monoisotopic (exact) mass is 172 g/mol. The van der Waals surface area contributed by atoms with E-state index >= 15 is 0 Å². The van der Waals surface area contributed by atoms with Gasteiger partial charge in [0.1, 0.15) is 13.7 Å². The normalized spacial score (nSPS) is 8.77. The van der Waals surface area contributed by atoms with Crippen molar-refractivity contribution in [3.63, 3.8) is 0 Å². The molecule has 66 valence electrons. The highest BCUT2D eigenvalue weighted by Crippen LogP contribution is 1.86. The first kappa shape index (κ1) is 12.2. The zero-order valence-corrected chi connectivity index (χ0v) is 8.33. The van der Waals surface area contributed by atoms with E-state index in [2.05, 4.69) is 16.9 Å². The SMILES string of the molecule is [B]CCCC.[B]c1cnc(C)nc1. The van der Waals surface area contributed by atoms with Crippen LogP contribution in [0.5, 0.6) is 0 Å². The smallest absolute Gasteiger partial charge is 0.125 e. The van der Waals surface area contributed by atoms with E-state index in [9.17, 15) is 0 Å². The Morgan fingerprint density at radius 2 is 1.85 bits per heavy atom. The van der Waals surface area contributed by atoms with Crippen LogP contribution >= 0.6 is 0 Å². The number of rotatable bonds is 2. The van der Waals surface area contributed by atoms with E-state index in [1.165, 1.54) is 12.8 Å². The topological polar surface area (TPSA) is 25.8 Å². The van der Waals surface area contributed by atoms with E-state index in [1.54, 1.807) is 12.4 Å². The summed E-state index contributed by atoms with van der Waals surface area (Å²) in [5.74, 6) is 0.749. The molecule has 0 aliphatic carbocycles. The summed E-state index contributed by atoms with van der Waals surface area (Å²) >= 11 is 0. The summed E-state index contributed by atoms with van der Waals surface area (Å²) in [7, 11) is 10.4. The van der Waals surface area contributed by atoms with Crippen molar-refractivity contribution < 1.29 is 0 Å². The van der Waals surface area contributed by atoms with Crippen molar-refractivity contribution in [3.05, 3.63) is 18.2 Å². The standard InChI is InChI=1S/C5H5BN2.C4H9B/c1-4-7-2-5(6)3-8-4;1-2-3-4-5/h2-3H,1H3;2-4H2,1H3. The van der Waals surface area contributed by atoms with E-state index in [-0.39, 0.29) is 0 Å². The van der Waals surface area contributed by atoms with Crippen molar-refractivity contribution in [2.75, 3.05) is 0 Å². The van der Waals surface area contributed by atoms with E-state index in [0.717, 1.165) is 12.1 Å². The van der Waals surface area contributed by atoms with Crippen LogP contribution in [-0.4, -0.2) is 25.7 Å². The van der Waals surface area contributed by atoms with Crippen LogP contribution < -0.4 is 5.46 Å². The minimum Gasteiger partial charge on any atom is -0.242 e. The summed E-state index contributed by atoms with van der Waals surface area (Å²) < 4.78 is 0. The second-order valence-corrected chi connectivity index (χ2v) is 2.71. The zero-order chi connectivity index (χ0) is 10.1. The van der Waals surface area contributed by atoms with Gasteiger partial charge in [0.2, 0.25) is 0 Å². The fourth-order valence-corrected chi connectivity index (χ4v) is 0.607. The molecule has 0 aliphatic heterocycles. The van der Waals surface area contributed by atoms with Gasteiger partial charge >= 0.3 is 0 Å². The Hall–Kier alpha value is -0.790. The molecular formula is C9H14B2N2. The van der Waals surface area contributed by atoms with Crippen LogP contribution in [0, 0.1) is 6.92 Å². The molecule has 4 radical (unpaired) electrons. The van der Waals surface area contributed by atoms with Crippen LogP contribution in [0.25, 0.3) is 0 Å². The molecule has 1 aromatic rings. The average molecular weight is 172 g/mol. The first-order valence-corrected chi connectivity index (χ1v) is 4.44. The molecule has 13 heavy (non-hydrogen) atoms. The highest BCUT2D eigenvalue weighted by molar-refractivity contribution is 6.31. The molecular weight excluding hydrogens is 158 g/mol. The molecule has 1 heterocycles. The van der Waals surface area contributed by atoms with Gasteiger partial charge in [0.05, 0.1) is 7.85 Å². The Kier molecular flexibility index (Phi) is 7.36. The zero-order valence-electron chi connectivity index (χ0n) is 8.33. The van der Waals surface area contributed by atoms with Crippen molar-refractivity contribution in [2.24, 2.45) is 0 Å². The lowest BCUT2D eigenvalue weighted by atomic mass is 10.0. The maximum atomic E-state index is 5.30. The third-order valence-corrected chi connectivity index (χ3v) is 1.36. The highest BCUT2D eigenvalue weighted by atomic mass is 14.8. The van der Waals surface area contributed by atoms with Gasteiger partial charge in [-0.25, -0.2) is 9.97 Å². The summed E-state index contributed by atoms with van der Waals surface area (Å²) in [6.07, 6.45) is 6.40. The molecule has 1 rings (SSSR count). The quantitative estimate of drug-likeness (QED) is 0.620. The Bertz CT molecular complexity index is 188. The van der Waals surface area contributed by atoms with Gasteiger partial charge in [0, 0.05) is 12.4 Å². The van der Waals surface area contributed by atoms with Gasteiger partial charge in [-0.3, -0.25) is 0 Å². The highest BCUT2D eigenvalue weighted by Gasteiger charge is 1.82. The predicted molar refractivity (Wildman–Crippen MR) is 57.6 cm³/mol. The second kappa shape index (κ2) is 7.84. The first-order valence-electron chi connectivity index (χ1n) is 4.44. The van der Waals surface area contributed by atoms with E-state index in [1.807, 2.05) is 6.92 Å². The van der Waals surface area contributed by atoms with Crippen molar-refractivity contribution in [1.29, 1.82) is 0 Å². The predicted octanol–water partition coefficient (Wildman–Crippen LogP) is 0.952. The molecule has 0 unspecified atom stereocenters. The van der Waals surface area contributed by atoms with Crippen LogP contribution in [0.1, 0.15) is 25.6 Å². The molecule has 2 nitrogen and oxygen atoms in total. The molecule has 0 aromatic carbocycles. The van der Waals surface area contributed by atoms with Gasteiger partial charge in [0.25, 0.3) is 0 Å². The van der Waals surface area contributed by atoms with Crippen LogP contribution in [-0.2, 0) is 0 Å². The maximum absolute atomic E-state index is 5.30. The largest absolute Gasteiger partial charge is 0.242 e. The lowest BCUT2D eigenvalue weighted by Gasteiger charge is -1.88. The first-order chi connectivity index (χ1) is 6.20. The number of unbranched alkanes of at least 4 members (excludes halogenated alkanes) is 1. The lowest BCUT2D eigenvalue weighted by Crippen LogP contribution is -2.04. The molecule has 0 spiro atoms. The fourth-order valence-electron chi connectivity index (χ4n) is 0.607. The van der Waals surface area contributed by atoms with Crippen molar-refractivity contribution in [1.82, 2.24) is 9.97 Å². The van der Waals surface area contributed by atoms with Gasteiger partial charge in [-0.15, -0.1) is 0 Å². The summed E-state index contributed by atoms with van der Waals surface area (Å²) in [6, 6.07) is 0. The fraction of sp³-hybridized carbons (Fsp3) is 0.556. The van der Waals surface area contributed by atoms with Crippen molar-refractivity contribution in [2.45, 2.75) is 33.0 Å². The Morgan fingerprint density at radius 1 is 1.31 bits per heavy atom. The van der Waals surface area contributed by atoms with Gasteiger partial charge in [0.15, 0.2) is 0 Å². The summed E-state index contributed by atoms with van der Waals surface area (Å²) in [4.78, 5) is 7.69. The van der Waals surface area contributed by atoms with E-state index in [0.29, 0.717) is 5.46 Å². The van der Waals surface area contributed by atoms with Crippen LogP contribution in [0.15, 0.2) is 12.4 Å². The molecule has 0 saturated heterocycles. The summed E-state index contributed by atoms with van der Waals surface area (Å²) in [6.45, 7) is 3.95. The van der Waals surface area contributed by atoms with Gasteiger partial charge in [-0.1, -0.05) is 31.5 Å². The van der Waals surface area contributed by atoms with Gasteiger partial charge < -0.3 is 0 Å². The molecule has 0 bridgehead atoms. The van der Waals surface area contributed by atoms with Crippen LogP contribution in [0.3, 0.4) is 0 Å². The number of aryl methyl sites for hydroxylation is 1. The van der Waals surface area contributed by atoms with Crippen LogP contribution in [0.2, 0.25) is 6.32 Å². The molecule has 4 heteroatoms. The maximum Gasteiger partial charge on any atom is 0.125 e. The van der Waals surface area contributed by atoms with Gasteiger partial charge in [-0.05, 0) is 6.92 Å². The molecule has 1 aromatic heterocycles. The van der Waals surface area contributed by atoms with Crippen molar-refractivity contribution in [3.8, 4) is 0 Å². The Labute approximate surface area is 83.0 Å². The number of hydrogen-bond acceptors (Lipinski definition) is 2. The molecule has 0 fully saturated rings.